The molecule has 19 heavy (non-hydrogen) atoms. The van der Waals surface area contributed by atoms with Gasteiger partial charge >= 0.3 is 6.09 Å². The van der Waals surface area contributed by atoms with E-state index in [1.54, 1.807) is 0 Å². The summed E-state index contributed by atoms with van der Waals surface area (Å²) in [5.74, 6) is 0. The van der Waals surface area contributed by atoms with Crippen molar-refractivity contribution in [2.24, 2.45) is 0 Å². The molecule has 1 aromatic rings. The Morgan fingerprint density at radius 2 is 1.63 bits per heavy atom. The van der Waals surface area contributed by atoms with E-state index in [9.17, 15) is 9.90 Å². The van der Waals surface area contributed by atoms with Gasteiger partial charge in [0.05, 0.1) is 0 Å². The molecule has 0 bridgehead atoms. The van der Waals surface area contributed by atoms with Crippen molar-refractivity contribution in [1.82, 2.24) is 0 Å². The third kappa shape index (κ3) is 5.77. The van der Waals surface area contributed by atoms with Crippen molar-refractivity contribution in [2.45, 2.75) is 52.4 Å². The number of rotatable bonds is 8. The van der Waals surface area contributed by atoms with Crippen LogP contribution in [0.4, 0.5) is 10.5 Å². The van der Waals surface area contributed by atoms with E-state index in [-0.39, 0.29) is 0 Å². The smallest absolute Gasteiger partial charge is 0.411 e. The number of amides is 1. The van der Waals surface area contributed by atoms with Gasteiger partial charge in [-0.3, -0.25) is 4.90 Å². The van der Waals surface area contributed by atoms with Crippen LogP contribution >= 0.6 is 0 Å². The Morgan fingerprint density at radius 3 is 2.21 bits per heavy atom. The molecule has 0 atom stereocenters. The van der Waals surface area contributed by atoms with Gasteiger partial charge in [-0.2, -0.15) is 0 Å². The second-order valence-corrected chi connectivity index (χ2v) is 5.04. The van der Waals surface area contributed by atoms with Crippen LogP contribution in [0.3, 0.4) is 0 Å². The van der Waals surface area contributed by atoms with Crippen molar-refractivity contribution in [3.8, 4) is 0 Å². The number of hydrogen-bond acceptors (Lipinski definition) is 1. The molecule has 0 saturated carbocycles. The van der Waals surface area contributed by atoms with Gasteiger partial charge in [-0.05, 0) is 25.5 Å². The zero-order valence-corrected chi connectivity index (χ0v) is 12.1. The summed E-state index contributed by atoms with van der Waals surface area (Å²) in [6.07, 6.45) is 6.16. The van der Waals surface area contributed by atoms with Crippen molar-refractivity contribution < 1.29 is 9.90 Å². The zero-order valence-electron chi connectivity index (χ0n) is 12.1. The molecule has 1 aromatic carbocycles. The third-order valence-corrected chi connectivity index (χ3v) is 3.31. The number of aryl methyl sites for hydroxylation is 1. The van der Waals surface area contributed by atoms with Crippen molar-refractivity contribution in [1.29, 1.82) is 0 Å². The molecule has 106 valence electrons. The Balaban J connectivity index is 2.41. The van der Waals surface area contributed by atoms with Crippen LogP contribution in [-0.2, 0) is 0 Å². The maximum Gasteiger partial charge on any atom is 0.411 e. The number of hydrogen-bond donors (Lipinski definition) is 1. The minimum Gasteiger partial charge on any atom is -0.465 e. The van der Waals surface area contributed by atoms with E-state index in [1.807, 2.05) is 31.2 Å². The van der Waals surface area contributed by atoms with Gasteiger partial charge < -0.3 is 5.11 Å². The maximum atomic E-state index is 11.3. The average molecular weight is 263 g/mol. The number of carbonyl (C=O) groups is 1. The van der Waals surface area contributed by atoms with Crippen molar-refractivity contribution in [3.63, 3.8) is 0 Å². The summed E-state index contributed by atoms with van der Waals surface area (Å²) in [6.45, 7) is 4.79. The number of anilines is 1. The fourth-order valence-electron chi connectivity index (χ4n) is 2.11. The fraction of sp³-hybridized carbons (Fsp3) is 0.562. The van der Waals surface area contributed by atoms with E-state index < -0.39 is 6.09 Å². The average Bonchev–Trinajstić information content (AvgIpc) is 2.39. The van der Waals surface area contributed by atoms with Gasteiger partial charge in [0.25, 0.3) is 0 Å². The van der Waals surface area contributed by atoms with Gasteiger partial charge in [-0.1, -0.05) is 56.7 Å². The summed E-state index contributed by atoms with van der Waals surface area (Å²) >= 11 is 0. The van der Waals surface area contributed by atoms with Gasteiger partial charge in [0.2, 0.25) is 0 Å². The molecule has 3 nitrogen and oxygen atoms in total. The summed E-state index contributed by atoms with van der Waals surface area (Å²) in [5, 5.41) is 9.26. The Bertz CT molecular complexity index is 373. The van der Waals surface area contributed by atoms with E-state index in [4.69, 9.17) is 0 Å². The first-order valence-electron chi connectivity index (χ1n) is 7.22. The third-order valence-electron chi connectivity index (χ3n) is 3.31. The molecule has 0 aromatic heterocycles. The molecule has 0 aliphatic rings. The SMILES string of the molecule is CCCCCCCCN(C(=O)O)c1ccc(C)cc1. The Morgan fingerprint density at radius 1 is 1.05 bits per heavy atom. The van der Waals surface area contributed by atoms with Gasteiger partial charge in [0.1, 0.15) is 0 Å². The zero-order chi connectivity index (χ0) is 14.1. The topological polar surface area (TPSA) is 40.5 Å². The highest BCUT2D eigenvalue weighted by Crippen LogP contribution is 2.16. The first-order valence-corrected chi connectivity index (χ1v) is 7.22. The van der Waals surface area contributed by atoms with Gasteiger partial charge in [-0.15, -0.1) is 0 Å². The summed E-state index contributed by atoms with van der Waals surface area (Å²) < 4.78 is 0. The Labute approximate surface area is 116 Å². The van der Waals surface area contributed by atoms with E-state index >= 15 is 0 Å². The quantitative estimate of drug-likeness (QED) is 0.682. The first-order chi connectivity index (χ1) is 9.15. The maximum absolute atomic E-state index is 11.3. The summed E-state index contributed by atoms with van der Waals surface area (Å²) in [7, 11) is 0. The molecular formula is C16H25NO2. The molecule has 1 amide bonds. The normalized spacial score (nSPS) is 10.4. The molecule has 0 fully saturated rings. The van der Waals surface area contributed by atoms with Crippen LogP contribution in [0.1, 0.15) is 51.0 Å². The van der Waals surface area contributed by atoms with Crippen LogP contribution in [0.2, 0.25) is 0 Å². The monoisotopic (exact) mass is 263 g/mol. The lowest BCUT2D eigenvalue weighted by molar-refractivity contribution is 0.201. The molecule has 0 radical (unpaired) electrons. The highest BCUT2D eigenvalue weighted by molar-refractivity contribution is 5.85. The molecular weight excluding hydrogens is 238 g/mol. The molecule has 0 spiro atoms. The van der Waals surface area contributed by atoms with Crippen molar-refractivity contribution in [2.75, 3.05) is 11.4 Å². The van der Waals surface area contributed by atoms with Gasteiger partial charge in [0.15, 0.2) is 0 Å². The molecule has 0 saturated heterocycles. The van der Waals surface area contributed by atoms with E-state index in [0.29, 0.717) is 6.54 Å². The summed E-state index contributed by atoms with van der Waals surface area (Å²) in [5.41, 5.74) is 1.92. The van der Waals surface area contributed by atoms with Crippen LogP contribution < -0.4 is 4.90 Å². The second kappa shape index (κ2) is 8.57. The molecule has 1 N–H and O–H groups in total. The molecule has 0 unspecified atom stereocenters. The van der Waals surface area contributed by atoms with Crippen molar-refractivity contribution in [3.05, 3.63) is 29.8 Å². The number of unbranched alkanes of at least 4 members (excludes halogenated alkanes) is 5. The summed E-state index contributed by atoms with van der Waals surface area (Å²) in [4.78, 5) is 12.7. The van der Waals surface area contributed by atoms with E-state index in [1.165, 1.54) is 30.6 Å². The number of nitrogens with zero attached hydrogens (tertiary/aromatic N) is 1. The predicted octanol–water partition coefficient (Wildman–Crippen LogP) is 4.84. The minimum absolute atomic E-state index is 0.588. The van der Waals surface area contributed by atoms with Crippen LogP contribution in [-0.4, -0.2) is 17.7 Å². The van der Waals surface area contributed by atoms with Gasteiger partial charge in [0, 0.05) is 12.2 Å². The van der Waals surface area contributed by atoms with Crippen LogP contribution in [0.25, 0.3) is 0 Å². The molecule has 3 heteroatoms. The molecule has 1 rings (SSSR count). The molecule has 0 heterocycles. The predicted molar refractivity (Wildman–Crippen MR) is 79.9 cm³/mol. The van der Waals surface area contributed by atoms with E-state index in [0.717, 1.165) is 24.1 Å². The second-order valence-electron chi connectivity index (χ2n) is 5.04. The van der Waals surface area contributed by atoms with Crippen LogP contribution in [0.15, 0.2) is 24.3 Å². The molecule has 0 aliphatic heterocycles. The lowest BCUT2D eigenvalue weighted by atomic mass is 10.1. The minimum atomic E-state index is -0.864. The highest BCUT2D eigenvalue weighted by atomic mass is 16.4. The fourth-order valence-corrected chi connectivity index (χ4v) is 2.11. The van der Waals surface area contributed by atoms with Crippen LogP contribution in [0.5, 0.6) is 0 Å². The molecule has 0 aliphatic carbocycles. The summed E-state index contributed by atoms with van der Waals surface area (Å²) in [6, 6.07) is 7.65. The highest BCUT2D eigenvalue weighted by Gasteiger charge is 2.13. The number of benzene rings is 1. The lowest BCUT2D eigenvalue weighted by Gasteiger charge is -2.19. The Kier molecular flexibility index (Phi) is 7.01. The largest absolute Gasteiger partial charge is 0.465 e. The lowest BCUT2D eigenvalue weighted by Crippen LogP contribution is -2.30. The van der Waals surface area contributed by atoms with Crippen molar-refractivity contribution >= 4 is 11.8 Å². The first kappa shape index (κ1) is 15.5. The van der Waals surface area contributed by atoms with Crippen LogP contribution in [0, 0.1) is 6.92 Å². The van der Waals surface area contributed by atoms with Gasteiger partial charge in [-0.25, -0.2) is 4.79 Å². The number of carboxylic acid groups (broad SMARTS) is 1. The standard InChI is InChI=1S/C16H25NO2/c1-3-4-5-6-7-8-13-17(16(18)19)15-11-9-14(2)10-12-15/h9-12H,3-8,13H2,1-2H3,(H,18,19). The Hall–Kier alpha value is -1.51. The van der Waals surface area contributed by atoms with E-state index in [2.05, 4.69) is 6.92 Å².